The minimum atomic E-state index is -0.543. The number of aryl methyl sites for hydroxylation is 1. The van der Waals surface area contributed by atoms with Crippen molar-refractivity contribution in [3.63, 3.8) is 0 Å². The van der Waals surface area contributed by atoms with Crippen molar-refractivity contribution in [3.8, 4) is 5.75 Å². The highest BCUT2D eigenvalue weighted by atomic mass is 16.6. The lowest BCUT2D eigenvalue weighted by Gasteiger charge is -2.19. The second kappa shape index (κ2) is 7.08. The molecule has 0 saturated heterocycles. The third-order valence-electron chi connectivity index (χ3n) is 2.58. The van der Waals surface area contributed by atoms with Crippen LogP contribution in [0.2, 0.25) is 0 Å². The van der Waals surface area contributed by atoms with Gasteiger partial charge in [-0.3, -0.25) is 4.98 Å². The molecule has 21 heavy (non-hydrogen) atoms. The number of amides is 1. The molecular weight excluding hydrogens is 272 g/mol. The number of hydrogen-bond acceptors (Lipinski definition) is 5. The van der Waals surface area contributed by atoms with E-state index in [1.165, 1.54) is 6.20 Å². The predicted octanol–water partition coefficient (Wildman–Crippen LogP) is 2.13. The van der Waals surface area contributed by atoms with Crippen molar-refractivity contribution in [2.24, 2.45) is 0 Å². The largest absolute Gasteiger partial charge is 0.505 e. The summed E-state index contributed by atoms with van der Waals surface area (Å²) in [6, 6.07) is 0. The molecule has 0 aliphatic heterocycles. The molecule has 6 heteroatoms. The predicted molar refractivity (Wildman–Crippen MR) is 79.8 cm³/mol. The quantitative estimate of drug-likeness (QED) is 0.791. The standard InChI is InChI=1S/C15H22N2O4/c1-10-13(19)12(11(9-18)8-17-10)6-5-7-16-14(20)21-15(2,3)4/h5-6,8,18-19H,7,9H2,1-4H3,(H,16,20). The number of alkyl carbamates (subject to hydrolysis) is 1. The zero-order chi connectivity index (χ0) is 16.0. The molecule has 0 saturated carbocycles. The van der Waals surface area contributed by atoms with Crippen LogP contribution in [0, 0.1) is 6.92 Å². The lowest BCUT2D eigenvalue weighted by molar-refractivity contribution is 0.0534. The van der Waals surface area contributed by atoms with Crippen molar-refractivity contribution in [3.05, 3.63) is 29.1 Å². The summed E-state index contributed by atoms with van der Waals surface area (Å²) in [6.07, 6.45) is 4.30. The Balaban J connectivity index is 2.66. The van der Waals surface area contributed by atoms with Gasteiger partial charge >= 0.3 is 6.09 Å². The number of nitrogens with one attached hydrogen (secondary N) is 1. The van der Waals surface area contributed by atoms with Crippen molar-refractivity contribution >= 4 is 12.2 Å². The fourth-order valence-electron chi connectivity index (χ4n) is 1.60. The first-order valence-corrected chi connectivity index (χ1v) is 6.66. The highest BCUT2D eigenvalue weighted by Crippen LogP contribution is 2.24. The molecule has 6 nitrogen and oxygen atoms in total. The maximum atomic E-state index is 11.4. The minimum absolute atomic E-state index is 0.0232. The van der Waals surface area contributed by atoms with Gasteiger partial charge in [0, 0.05) is 23.9 Å². The fourth-order valence-corrected chi connectivity index (χ4v) is 1.60. The summed E-state index contributed by atoms with van der Waals surface area (Å²) >= 11 is 0. The Bertz CT molecular complexity index is 533. The molecule has 0 radical (unpaired) electrons. The van der Waals surface area contributed by atoms with Crippen LogP contribution < -0.4 is 5.32 Å². The monoisotopic (exact) mass is 294 g/mol. The molecule has 0 fully saturated rings. The molecule has 0 unspecified atom stereocenters. The number of ether oxygens (including phenoxy) is 1. The maximum absolute atomic E-state index is 11.4. The van der Waals surface area contributed by atoms with Crippen LogP contribution in [0.5, 0.6) is 5.75 Å². The normalized spacial score (nSPS) is 11.7. The van der Waals surface area contributed by atoms with Crippen LogP contribution >= 0.6 is 0 Å². The number of carbonyl (C=O) groups excluding carboxylic acids is 1. The van der Waals surface area contributed by atoms with Gasteiger partial charge in [0.25, 0.3) is 0 Å². The molecule has 1 amide bonds. The number of carbonyl (C=O) groups is 1. The molecule has 1 aromatic heterocycles. The topological polar surface area (TPSA) is 91.7 Å². The smallest absolute Gasteiger partial charge is 0.407 e. The lowest BCUT2D eigenvalue weighted by atomic mass is 10.1. The Morgan fingerprint density at radius 2 is 2.14 bits per heavy atom. The van der Waals surface area contributed by atoms with Crippen LogP contribution in [0.3, 0.4) is 0 Å². The summed E-state index contributed by atoms with van der Waals surface area (Å²) < 4.78 is 5.09. The molecule has 0 spiro atoms. The molecular formula is C15H22N2O4. The van der Waals surface area contributed by atoms with Crippen molar-refractivity contribution in [2.45, 2.75) is 39.9 Å². The first-order chi connectivity index (χ1) is 9.74. The fraction of sp³-hybridized carbons (Fsp3) is 0.467. The van der Waals surface area contributed by atoms with E-state index in [1.807, 2.05) is 0 Å². The molecule has 1 aromatic rings. The third-order valence-corrected chi connectivity index (χ3v) is 2.58. The summed E-state index contributed by atoms with van der Waals surface area (Å²) in [7, 11) is 0. The van der Waals surface area contributed by atoms with Gasteiger partial charge in [0.05, 0.1) is 12.3 Å². The summed E-state index contributed by atoms with van der Waals surface area (Å²) in [6.45, 7) is 7.06. The van der Waals surface area contributed by atoms with E-state index in [4.69, 9.17) is 4.74 Å². The van der Waals surface area contributed by atoms with Crippen LogP contribution in [-0.2, 0) is 11.3 Å². The Morgan fingerprint density at radius 3 is 2.71 bits per heavy atom. The highest BCUT2D eigenvalue weighted by Gasteiger charge is 2.15. The number of nitrogens with zero attached hydrogens (tertiary/aromatic N) is 1. The maximum Gasteiger partial charge on any atom is 0.407 e. The Labute approximate surface area is 124 Å². The molecule has 0 bridgehead atoms. The average Bonchev–Trinajstić information content (AvgIpc) is 2.37. The molecule has 1 rings (SSSR count). The number of rotatable bonds is 4. The Morgan fingerprint density at radius 1 is 1.48 bits per heavy atom. The SMILES string of the molecule is Cc1ncc(CO)c(C=CCNC(=O)OC(C)(C)C)c1O. The Hall–Kier alpha value is -2.08. The number of pyridine rings is 1. The van der Waals surface area contributed by atoms with Crippen molar-refractivity contribution < 1.29 is 19.7 Å². The summed E-state index contributed by atoms with van der Waals surface area (Å²) in [5, 5.41) is 21.7. The molecule has 0 aromatic carbocycles. The van der Waals surface area contributed by atoms with Crippen LogP contribution in [-0.4, -0.2) is 33.4 Å². The second-order valence-corrected chi connectivity index (χ2v) is 5.57. The van der Waals surface area contributed by atoms with E-state index in [-0.39, 0.29) is 18.9 Å². The number of aromatic hydroxyl groups is 1. The van der Waals surface area contributed by atoms with Crippen LogP contribution in [0.1, 0.15) is 37.6 Å². The minimum Gasteiger partial charge on any atom is -0.505 e. The van der Waals surface area contributed by atoms with Gasteiger partial charge in [0.15, 0.2) is 0 Å². The van der Waals surface area contributed by atoms with Gasteiger partial charge in [-0.2, -0.15) is 0 Å². The van der Waals surface area contributed by atoms with Gasteiger partial charge in [-0.05, 0) is 27.7 Å². The average molecular weight is 294 g/mol. The molecule has 1 heterocycles. The van der Waals surface area contributed by atoms with E-state index in [9.17, 15) is 15.0 Å². The molecule has 0 aliphatic rings. The van der Waals surface area contributed by atoms with Crippen LogP contribution in [0.25, 0.3) is 6.08 Å². The molecule has 116 valence electrons. The van der Waals surface area contributed by atoms with Gasteiger partial charge in [0.2, 0.25) is 0 Å². The van der Waals surface area contributed by atoms with Gasteiger partial charge in [-0.15, -0.1) is 0 Å². The van der Waals surface area contributed by atoms with E-state index in [2.05, 4.69) is 10.3 Å². The first-order valence-electron chi connectivity index (χ1n) is 6.66. The van der Waals surface area contributed by atoms with Gasteiger partial charge < -0.3 is 20.3 Å². The summed E-state index contributed by atoms with van der Waals surface area (Å²) in [5.41, 5.74) is 0.952. The van der Waals surface area contributed by atoms with E-state index < -0.39 is 11.7 Å². The van der Waals surface area contributed by atoms with E-state index in [1.54, 1.807) is 39.8 Å². The van der Waals surface area contributed by atoms with E-state index >= 15 is 0 Å². The van der Waals surface area contributed by atoms with Gasteiger partial charge in [-0.25, -0.2) is 4.79 Å². The first kappa shape index (κ1) is 17.0. The number of aromatic nitrogens is 1. The molecule has 0 atom stereocenters. The van der Waals surface area contributed by atoms with E-state index in [0.29, 0.717) is 16.8 Å². The van der Waals surface area contributed by atoms with Gasteiger partial charge in [0.1, 0.15) is 11.4 Å². The highest BCUT2D eigenvalue weighted by molar-refractivity contribution is 5.68. The van der Waals surface area contributed by atoms with Crippen molar-refractivity contribution in [1.82, 2.24) is 10.3 Å². The van der Waals surface area contributed by atoms with Crippen LogP contribution in [0.4, 0.5) is 4.79 Å². The second-order valence-electron chi connectivity index (χ2n) is 5.57. The van der Waals surface area contributed by atoms with Gasteiger partial charge in [-0.1, -0.05) is 12.2 Å². The lowest BCUT2D eigenvalue weighted by Crippen LogP contribution is -2.32. The molecule has 3 N–H and O–H groups in total. The number of aliphatic hydroxyl groups is 1. The molecule has 0 aliphatic carbocycles. The summed E-state index contributed by atoms with van der Waals surface area (Å²) in [5.74, 6) is 0.0232. The van der Waals surface area contributed by atoms with Crippen molar-refractivity contribution in [1.29, 1.82) is 0 Å². The Kier molecular flexibility index (Phi) is 5.72. The third kappa shape index (κ3) is 5.43. The van der Waals surface area contributed by atoms with Crippen molar-refractivity contribution in [2.75, 3.05) is 6.54 Å². The summed E-state index contributed by atoms with van der Waals surface area (Å²) in [4.78, 5) is 15.4. The zero-order valence-electron chi connectivity index (χ0n) is 12.8. The van der Waals surface area contributed by atoms with E-state index in [0.717, 1.165) is 0 Å². The number of aliphatic hydroxyl groups excluding tert-OH is 1. The zero-order valence-corrected chi connectivity index (χ0v) is 12.8. The number of hydrogen-bond donors (Lipinski definition) is 3. The van der Waals surface area contributed by atoms with Crippen LogP contribution in [0.15, 0.2) is 12.3 Å².